The van der Waals surface area contributed by atoms with Gasteiger partial charge in [0.2, 0.25) is 11.8 Å². The average molecular weight is 281 g/mol. The third-order valence-corrected chi connectivity index (χ3v) is 3.40. The Labute approximate surface area is 120 Å². The third kappa shape index (κ3) is 4.20. The maximum atomic E-state index is 12.4. The summed E-state index contributed by atoms with van der Waals surface area (Å²) in [6, 6.07) is 2.12. The molecule has 6 nitrogen and oxygen atoms in total. The molecule has 0 radical (unpaired) electrons. The Morgan fingerprint density at radius 1 is 1.40 bits per heavy atom. The molecule has 112 valence electrons. The van der Waals surface area contributed by atoms with Crippen molar-refractivity contribution in [3.63, 3.8) is 0 Å². The second-order valence-corrected chi connectivity index (χ2v) is 5.67. The van der Waals surface area contributed by atoms with Gasteiger partial charge in [-0.2, -0.15) is 5.26 Å². The van der Waals surface area contributed by atoms with Crippen molar-refractivity contribution >= 4 is 11.8 Å². The zero-order valence-corrected chi connectivity index (χ0v) is 12.4. The van der Waals surface area contributed by atoms with Crippen LogP contribution in [0.15, 0.2) is 0 Å². The van der Waals surface area contributed by atoms with Crippen molar-refractivity contribution in [2.45, 2.75) is 26.7 Å². The van der Waals surface area contributed by atoms with E-state index in [2.05, 4.69) is 11.4 Å². The largest absolute Gasteiger partial charge is 0.381 e. The Hall–Kier alpha value is -1.61. The summed E-state index contributed by atoms with van der Waals surface area (Å²) in [6.45, 7) is 5.39. The summed E-state index contributed by atoms with van der Waals surface area (Å²) < 4.78 is 5.20. The van der Waals surface area contributed by atoms with Crippen LogP contribution in [0, 0.1) is 22.7 Å². The molecular formula is C14H23N3O3. The van der Waals surface area contributed by atoms with Crippen molar-refractivity contribution in [3.05, 3.63) is 0 Å². The Morgan fingerprint density at radius 3 is 2.50 bits per heavy atom. The van der Waals surface area contributed by atoms with Crippen molar-refractivity contribution in [3.8, 4) is 6.07 Å². The normalized spacial score (nSPS) is 17.4. The van der Waals surface area contributed by atoms with E-state index >= 15 is 0 Å². The van der Waals surface area contributed by atoms with E-state index in [0.717, 1.165) is 0 Å². The maximum Gasteiger partial charge on any atom is 0.243 e. The van der Waals surface area contributed by atoms with Crippen molar-refractivity contribution in [1.82, 2.24) is 10.2 Å². The maximum absolute atomic E-state index is 12.4. The third-order valence-electron chi connectivity index (χ3n) is 3.40. The summed E-state index contributed by atoms with van der Waals surface area (Å²) in [6.07, 6.45) is 0.778. The summed E-state index contributed by atoms with van der Waals surface area (Å²) in [5, 5.41) is 12.1. The van der Waals surface area contributed by atoms with Crippen LogP contribution in [0.4, 0.5) is 0 Å². The van der Waals surface area contributed by atoms with E-state index in [4.69, 9.17) is 4.74 Å². The molecule has 1 N–H and O–H groups in total. The minimum absolute atomic E-state index is 0.0180. The first-order valence-corrected chi connectivity index (χ1v) is 6.92. The molecule has 0 aromatic carbocycles. The number of amides is 2. The standard InChI is InChI=1S/C14H23N3O3/c1-11(2)8-16-12(18)9-17(3)13(19)14(10-15)4-6-20-7-5-14/h11H,4-9H2,1-3H3,(H,16,18). The lowest BCUT2D eigenvalue weighted by atomic mass is 9.80. The van der Waals surface area contributed by atoms with E-state index in [-0.39, 0.29) is 18.4 Å². The van der Waals surface area contributed by atoms with Gasteiger partial charge in [0.1, 0.15) is 5.41 Å². The monoisotopic (exact) mass is 281 g/mol. The van der Waals surface area contributed by atoms with Gasteiger partial charge < -0.3 is 15.0 Å². The summed E-state index contributed by atoms with van der Waals surface area (Å²) >= 11 is 0. The second-order valence-electron chi connectivity index (χ2n) is 5.67. The average Bonchev–Trinajstić information content (AvgIpc) is 2.45. The number of nitriles is 1. The van der Waals surface area contributed by atoms with Crippen molar-refractivity contribution in [1.29, 1.82) is 5.26 Å². The fourth-order valence-electron chi connectivity index (χ4n) is 2.12. The van der Waals surface area contributed by atoms with Crippen LogP contribution in [-0.4, -0.2) is 50.1 Å². The molecule has 2 amide bonds. The van der Waals surface area contributed by atoms with Gasteiger partial charge in [-0.15, -0.1) is 0 Å². The first kappa shape index (κ1) is 16.4. The van der Waals surface area contributed by atoms with E-state index in [1.807, 2.05) is 13.8 Å². The van der Waals surface area contributed by atoms with E-state index in [9.17, 15) is 14.9 Å². The molecule has 0 aliphatic carbocycles. The fourth-order valence-corrected chi connectivity index (χ4v) is 2.12. The van der Waals surface area contributed by atoms with Crippen LogP contribution in [0.3, 0.4) is 0 Å². The number of ether oxygens (including phenoxy) is 1. The summed E-state index contributed by atoms with van der Waals surface area (Å²) in [5.74, 6) is -0.126. The van der Waals surface area contributed by atoms with Crippen LogP contribution in [0.5, 0.6) is 0 Å². The van der Waals surface area contributed by atoms with Gasteiger partial charge in [-0.25, -0.2) is 0 Å². The predicted octanol–water partition coefficient (Wildman–Crippen LogP) is 0.537. The molecule has 0 unspecified atom stereocenters. The van der Waals surface area contributed by atoms with E-state index in [1.165, 1.54) is 4.90 Å². The SMILES string of the molecule is CC(C)CNC(=O)CN(C)C(=O)C1(C#N)CCOCC1. The molecule has 1 rings (SSSR count). The Kier molecular flexibility index (Phi) is 5.96. The van der Waals surface area contributed by atoms with Crippen molar-refractivity contribution in [2.75, 3.05) is 33.4 Å². The lowest BCUT2D eigenvalue weighted by molar-refractivity contribution is -0.144. The molecule has 1 aliphatic heterocycles. The van der Waals surface area contributed by atoms with E-state index in [0.29, 0.717) is 38.5 Å². The highest BCUT2D eigenvalue weighted by Gasteiger charge is 2.42. The van der Waals surface area contributed by atoms with Crippen LogP contribution >= 0.6 is 0 Å². The zero-order valence-electron chi connectivity index (χ0n) is 12.4. The van der Waals surface area contributed by atoms with Crippen LogP contribution in [0.2, 0.25) is 0 Å². The summed E-state index contributed by atoms with van der Waals surface area (Å²) in [5.41, 5.74) is -1.04. The lowest BCUT2D eigenvalue weighted by Crippen LogP contribution is -2.48. The van der Waals surface area contributed by atoms with Gasteiger partial charge in [-0.1, -0.05) is 13.8 Å². The zero-order chi connectivity index (χ0) is 15.2. The molecule has 6 heteroatoms. The second kappa shape index (κ2) is 7.25. The van der Waals surface area contributed by atoms with Crippen LogP contribution < -0.4 is 5.32 Å². The van der Waals surface area contributed by atoms with Crippen LogP contribution in [0.25, 0.3) is 0 Å². The minimum atomic E-state index is -1.04. The van der Waals surface area contributed by atoms with Gasteiger partial charge in [0.15, 0.2) is 0 Å². The van der Waals surface area contributed by atoms with E-state index in [1.54, 1.807) is 7.05 Å². The smallest absolute Gasteiger partial charge is 0.243 e. The first-order chi connectivity index (χ1) is 9.41. The molecule has 0 aromatic rings. The van der Waals surface area contributed by atoms with Crippen molar-refractivity contribution < 1.29 is 14.3 Å². The van der Waals surface area contributed by atoms with E-state index < -0.39 is 5.41 Å². The minimum Gasteiger partial charge on any atom is -0.381 e. The van der Waals surface area contributed by atoms with Gasteiger partial charge in [-0.05, 0) is 18.8 Å². The number of nitrogens with zero attached hydrogens (tertiary/aromatic N) is 2. The first-order valence-electron chi connectivity index (χ1n) is 6.92. The van der Waals surface area contributed by atoms with Gasteiger partial charge in [0.25, 0.3) is 0 Å². The molecule has 1 heterocycles. The Morgan fingerprint density at radius 2 is 2.00 bits per heavy atom. The molecule has 0 bridgehead atoms. The number of carbonyl (C=O) groups excluding carboxylic acids is 2. The predicted molar refractivity (Wildman–Crippen MR) is 73.6 cm³/mol. The highest BCUT2D eigenvalue weighted by atomic mass is 16.5. The molecule has 0 aromatic heterocycles. The molecule has 0 atom stereocenters. The number of hydrogen-bond acceptors (Lipinski definition) is 4. The molecule has 1 saturated heterocycles. The summed E-state index contributed by atoms with van der Waals surface area (Å²) in [4.78, 5) is 25.5. The van der Waals surface area contributed by atoms with Gasteiger partial charge in [0, 0.05) is 26.8 Å². The number of likely N-dealkylation sites (N-methyl/N-ethyl adjacent to an activating group) is 1. The molecule has 1 fully saturated rings. The number of carbonyl (C=O) groups is 2. The fraction of sp³-hybridized carbons (Fsp3) is 0.786. The number of hydrogen-bond donors (Lipinski definition) is 1. The highest BCUT2D eigenvalue weighted by molar-refractivity contribution is 5.89. The Bertz CT molecular complexity index is 395. The number of rotatable bonds is 5. The van der Waals surface area contributed by atoms with Gasteiger partial charge in [-0.3, -0.25) is 9.59 Å². The van der Waals surface area contributed by atoms with Crippen LogP contribution in [0.1, 0.15) is 26.7 Å². The van der Waals surface area contributed by atoms with Gasteiger partial charge >= 0.3 is 0 Å². The lowest BCUT2D eigenvalue weighted by Gasteiger charge is -2.32. The Balaban J connectivity index is 2.57. The molecule has 1 aliphatic rings. The van der Waals surface area contributed by atoms with Crippen molar-refractivity contribution in [2.24, 2.45) is 11.3 Å². The van der Waals surface area contributed by atoms with Crippen LogP contribution in [-0.2, 0) is 14.3 Å². The molecule has 0 saturated carbocycles. The van der Waals surface area contributed by atoms with Gasteiger partial charge in [0.05, 0.1) is 12.6 Å². The highest BCUT2D eigenvalue weighted by Crippen LogP contribution is 2.31. The molecule has 20 heavy (non-hydrogen) atoms. The number of nitrogens with one attached hydrogen (secondary N) is 1. The molecule has 0 spiro atoms. The molecular weight excluding hydrogens is 258 g/mol. The summed E-state index contributed by atoms with van der Waals surface area (Å²) in [7, 11) is 1.56. The quantitative estimate of drug-likeness (QED) is 0.797. The topological polar surface area (TPSA) is 82.4 Å².